The molecule has 0 atom stereocenters. The number of fused-ring (bicyclic) bond motifs is 2. The number of aliphatic hydroxyl groups excluding tert-OH is 1. The van der Waals surface area contributed by atoms with Crippen LogP contribution in [0.5, 0.6) is 5.75 Å². The lowest BCUT2D eigenvalue weighted by atomic mass is 10.1. The number of nitrogens with one attached hydrogen (secondary N) is 2. The van der Waals surface area contributed by atoms with Crippen LogP contribution in [0, 0.1) is 6.92 Å². The van der Waals surface area contributed by atoms with E-state index in [1.54, 1.807) is 26.2 Å². The number of benzene rings is 1. The van der Waals surface area contributed by atoms with Crippen LogP contribution in [0.3, 0.4) is 0 Å². The number of nitrogens with zero attached hydrogens (tertiary/aromatic N) is 5. The van der Waals surface area contributed by atoms with Crippen molar-refractivity contribution in [3.63, 3.8) is 0 Å². The van der Waals surface area contributed by atoms with Gasteiger partial charge in [-0.3, -0.25) is 9.58 Å². The van der Waals surface area contributed by atoms with Gasteiger partial charge >= 0.3 is 6.09 Å². The summed E-state index contributed by atoms with van der Waals surface area (Å²) in [4.78, 5) is 27.1. The van der Waals surface area contributed by atoms with Gasteiger partial charge in [0, 0.05) is 37.8 Å². The Balaban J connectivity index is 1.42. The zero-order valence-corrected chi connectivity index (χ0v) is 21.5. The minimum atomic E-state index is -0.814. The largest absolute Gasteiger partial charge is 0.413 e. The summed E-state index contributed by atoms with van der Waals surface area (Å²) in [5.74, 6) is 0.251. The quantitative estimate of drug-likeness (QED) is 0.332. The Bertz CT molecular complexity index is 1400. The molecule has 0 unspecified atom stereocenters. The zero-order valence-electron chi connectivity index (χ0n) is 21.5. The lowest BCUT2D eigenvalue weighted by Crippen LogP contribution is -2.47. The molecule has 0 saturated carbocycles. The standard InChI is InChI=1S/C26H33N7O4/c1-17-5-6-18-20(13-17)33(8-4-7-32-9-11-36-12-10-32)31-22(18)19-14-27-24-23(29-19)21(15-28-24)37-25(35)30-26(2,3)16-34/h5-6,13-15,34H,4,7-12,16H2,1-3H3,(H,27,28)(H,30,35). The van der Waals surface area contributed by atoms with Gasteiger partial charge in [-0.15, -0.1) is 0 Å². The van der Waals surface area contributed by atoms with Gasteiger partial charge < -0.3 is 24.9 Å². The maximum Gasteiger partial charge on any atom is 0.413 e. The third-order valence-corrected chi connectivity index (χ3v) is 6.48. The first kappa shape index (κ1) is 25.1. The number of morpholine rings is 1. The number of aryl methyl sites for hydroxylation is 2. The van der Waals surface area contributed by atoms with Crippen LogP contribution in [-0.4, -0.2) is 85.8 Å². The number of rotatable bonds is 8. The van der Waals surface area contributed by atoms with Crippen LogP contribution in [0.15, 0.2) is 30.6 Å². The minimum Gasteiger partial charge on any atom is -0.406 e. The van der Waals surface area contributed by atoms with Crippen LogP contribution in [0.4, 0.5) is 4.79 Å². The second-order valence-corrected chi connectivity index (χ2v) is 10.1. The summed E-state index contributed by atoms with van der Waals surface area (Å²) in [6, 6.07) is 6.27. The van der Waals surface area contributed by atoms with Gasteiger partial charge in [-0.1, -0.05) is 12.1 Å². The number of carbonyl (C=O) groups excluding carboxylic acids is 1. The normalized spacial score (nSPS) is 14.9. The number of aromatic nitrogens is 5. The summed E-state index contributed by atoms with van der Waals surface area (Å²) in [5.41, 5.74) is 3.64. The second kappa shape index (κ2) is 10.4. The summed E-state index contributed by atoms with van der Waals surface area (Å²) >= 11 is 0. The van der Waals surface area contributed by atoms with Crippen LogP contribution in [0.25, 0.3) is 33.5 Å². The van der Waals surface area contributed by atoms with Gasteiger partial charge in [0.2, 0.25) is 0 Å². The van der Waals surface area contributed by atoms with Gasteiger partial charge in [-0.25, -0.2) is 14.8 Å². The third-order valence-electron chi connectivity index (χ3n) is 6.48. The smallest absolute Gasteiger partial charge is 0.406 e. The highest BCUT2D eigenvalue weighted by Gasteiger charge is 2.22. The molecule has 1 saturated heterocycles. The molecule has 0 bridgehead atoms. The number of amides is 1. The van der Waals surface area contributed by atoms with Crippen LogP contribution in [-0.2, 0) is 11.3 Å². The van der Waals surface area contributed by atoms with Crippen LogP contribution < -0.4 is 10.1 Å². The van der Waals surface area contributed by atoms with Crippen molar-refractivity contribution in [3.8, 4) is 17.1 Å². The SMILES string of the molecule is Cc1ccc2c(-c3cnc4[nH]cc(OC(=O)NC(C)(C)CO)c4n3)nn(CCCN3CCOCC3)c2c1. The molecule has 11 nitrogen and oxygen atoms in total. The molecule has 37 heavy (non-hydrogen) atoms. The molecule has 0 spiro atoms. The van der Waals surface area contributed by atoms with E-state index >= 15 is 0 Å². The van der Waals surface area contributed by atoms with E-state index in [-0.39, 0.29) is 12.4 Å². The molecule has 1 amide bonds. The average molecular weight is 508 g/mol. The Morgan fingerprint density at radius 1 is 1.27 bits per heavy atom. The summed E-state index contributed by atoms with van der Waals surface area (Å²) in [5, 5.41) is 18.0. The topological polar surface area (TPSA) is 130 Å². The Hall–Kier alpha value is -3.54. The number of aliphatic hydroxyl groups is 1. The molecule has 3 aromatic heterocycles. The van der Waals surface area contributed by atoms with Gasteiger partial charge in [0.1, 0.15) is 11.4 Å². The molecule has 0 aliphatic carbocycles. The lowest BCUT2D eigenvalue weighted by molar-refractivity contribution is 0.0368. The van der Waals surface area contributed by atoms with Crippen LogP contribution in [0.2, 0.25) is 0 Å². The van der Waals surface area contributed by atoms with Crippen LogP contribution in [0.1, 0.15) is 25.8 Å². The predicted molar refractivity (Wildman–Crippen MR) is 140 cm³/mol. The summed E-state index contributed by atoms with van der Waals surface area (Å²) < 4.78 is 13.0. The van der Waals surface area contributed by atoms with Gasteiger partial charge in [-0.2, -0.15) is 5.10 Å². The van der Waals surface area contributed by atoms with Gasteiger partial charge in [-0.05, 0) is 38.8 Å². The fourth-order valence-corrected chi connectivity index (χ4v) is 4.41. The van der Waals surface area contributed by atoms with E-state index < -0.39 is 11.6 Å². The first-order valence-corrected chi connectivity index (χ1v) is 12.6. The summed E-state index contributed by atoms with van der Waals surface area (Å²) in [6.07, 6.45) is 3.52. The van der Waals surface area contributed by atoms with Crippen molar-refractivity contribution in [3.05, 3.63) is 36.2 Å². The highest BCUT2D eigenvalue weighted by Crippen LogP contribution is 2.30. The van der Waals surface area contributed by atoms with E-state index in [0.717, 1.165) is 68.0 Å². The minimum absolute atomic E-state index is 0.221. The summed E-state index contributed by atoms with van der Waals surface area (Å²) in [6.45, 7) is 10.6. The number of ether oxygens (including phenoxy) is 2. The number of carbonyl (C=O) groups is 1. The van der Waals surface area contributed by atoms with Crippen molar-refractivity contribution in [2.75, 3.05) is 39.5 Å². The van der Waals surface area contributed by atoms with Crippen molar-refractivity contribution in [1.29, 1.82) is 0 Å². The Kier molecular flexibility index (Phi) is 7.09. The second-order valence-electron chi connectivity index (χ2n) is 10.1. The van der Waals surface area contributed by atoms with Gasteiger partial charge in [0.15, 0.2) is 16.9 Å². The molecule has 0 radical (unpaired) electrons. The van der Waals surface area contributed by atoms with E-state index in [2.05, 4.69) is 45.3 Å². The highest BCUT2D eigenvalue weighted by molar-refractivity contribution is 5.94. The van der Waals surface area contributed by atoms with Crippen molar-refractivity contribution < 1.29 is 19.4 Å². The third kappa shape index (κ3) is 5.58. The maximum atomic E-state index is 12.4. The van der Waals surface area contributed by atoms with E-state index in [1.165, 1.54) is 0 Å². The molecule has 11 heteroatoms. The molecular formula is C26H33N7O4. The Labute approximate surface area is 214 Å². The molecule has 3 N–H and O–H groups in total. The zero-order chi connectivity index (χ0) is 26.0. The molecule has 1 aliphatic rings. The van der Waals surface area contributed by atoms with Crippen molar-refractivity contribution >= 4 is 28.2 Å². The van der Waals surface area contributed by atoms with Gasteiger partial charge in [0.25, 0.3) is 0 Å². The molecule has 196 valence electrons. The van der Waals surface area contributed by atoms with E-state index in [4.69, 9.17) is 19.6 Å². The Morgan fingerprint density at radius 2 is 2.08 bits per heavy atom. The fraction of sp³-hybridized carbons (Fsp3) is 0.462. The number of aromatic amines is 1. The van der Waals surface area contributed by atoms with Crippen molar-refractivity contribution in [1.82, 2.24) is 34.9 Å². The fourth-order valence-electron chi connectivity index (χ4n) is 4.41. The molecule has 1 fully saturated rings. The van der Waals surface area contributed by atoms with Crippen LogP contribution >= 0.6 is 0 Å². The van der Waals surface area contributed by atoms with Crippen molar-refractivity contribution in [2.45, 2.75) is 39.3 Å². The monoisotopic (exact) mass is 507 g/mol. The first-order valence-electron chi connectivity index (χ1n) is 12.6. The average Bonchev–Trinajstić information content (AvgIpc) is 3.45. The number of H-pyrrole nitrogens is 1. The molecule has 4 heterocycles. The highest BCUT2D eigenvalue weighted by atomic mass is 16.6. The number of hydrogen-bond acceptors (Lipinski definition) is 8. The molecular weight excluding hydrogens is 474 g/mol. The molecule has 1 aliphatic heterocycles. The van der Waals surface area contributed by atoms with E-state index in [9.17, 15) is 9.90 Å². The lowest BCUT2D eigenvalue weighted by Gasteiger charge is -2.26. The first-order chi connectivity index (χ1) is 17.8. The Morgan fingerprint density at radius 3 is 2.86 bits per heavy atom. The predicted octanol–water partition coefficient (Wildman–Crippen LogP) is 2.86. The number of hydrogen-bond donors (Lipinski definition) is 3. The maximum absolute atomic E-state index is 12.4. The van der Waals surface area contributed by atoms with E-state index in [1.807, 2.05) is 4.68 Å². The van der Waals surface area contributed by atoms with Crippen molar-refractivity contribution in [2.24, 2.45) is 0 Å². The summed E-state index contributed by atoms with van der Waals surface area (Å²) in [7, 11) is 0. The van der Waals surface area contributed by atoms with Gasteiger partial charge in [0.05, 0.1) is 37.1 Å². The molecule has 4 aromatic rings. The van der Waals surface area contributed by atoms with E-state index in [0.29, 0.717) is 16.9 Å². The molecule has 1 aromatic carbocycles. The molecule has 5 rings (SSSR count).